The molecule has 0 aromatic heterocycles. The topological polar surface area (TPSA) is 208 Å². The second-order valence-electron chi connectivity index (χ2n) is 6.33. The van der Waals surface area contributed by atoms with Gasteiger partial charge in [0.25, 0.3) is 0 Å². The van der Waals surface area contributed by atoms with Gasteiger partial charge in [0.05, 0.1) is 5.75 Å². The van der Waals surface area contributed by atoms with Crippen molar-refractivity contribution in [2.24, 2.45) is 5.73 Å². The maximum Gasteiger partial charge on any atom is 0.322 e. The Morgan fingerprint density at radius 1 is 1.03 bits per heavy atom. The Kier molecular flexibility index (Phi) is 10.8. The number of aliphatic carboxylic acids is 2. The van der Waals surface area contributed by atoms with Gasteiger partial charge in [-0.2, -0.15) is 0 Å². The molecule has 0 saturated carbocycles. The first-order valence-electron chi connectivity index (χ1n) is 9.02. The van der Waals surface area contributed by atoms with E-state index in [1.807, 2.05) is 0 Å². The maximum absolute atomic E-state index is 12.2. The molecular formula is C18H24N4O8S. The Labute approximate surface area is 181 Å². The molecule has 2 atom stereocenters. The zero-order chi connectivity index (χ0) is 23.4. The van der Waals surface area contributed by atoms with Gasteiger partial charge in [-0.3, -0.25) is 24.0 Å². The van der Waals surface area contributed by atoms with E-state index in [4.69, 9.17) is 15.9 Å². The molecule has 170 valence electrons. The number of carboxylic acids is 2. The molecule has 1 rings (SSSR count). The average Bonchev–Trinajstić information content (AvgIpc) is 2.71. The number of hydrogen-bond donors (Lipinski definition) is 7. The molecule has 13 heteroatoms. The van der Waals surface area contributed by atoms with E-state index in [9.17, 15) is 29.1 Å². The third-order valence-electron chi connectivity index (χ3n) is 3.73. The van der Waals surface area contributed by atoms with Crippen LogP contribution in [0.1, 0.15) is 12.8 Å². The minimum Gasteiger partial charge on any atom is -0.508 e. The van der Waals surface area contributed by atoms with E-state index in [2.05, 4.69) is 16.0 Å². The first kappa shape index (κ1) is 25.7. The molecule has 0 saturated heterocycles. The van der Waals surface area contributed by atoms with Gasteiger partial charge in [0.2, 0.25) is 17.7 Å². The van der Waals surface area contributed by atoms with Crippen molar-refractivity contribution in [3.63, 3.8) is 0 Å². The average molecular weight is 456 g/mol. The zero-order valence-corrected chi connectivity index (χ0v) is 17.2. The van der Waals surface area contributed by atoms with Crippen molar-refractivity contribution in [2.75, 3.05) is 23.4 Å². The molecule has 0 spiro atoms. The number of carbonyl (C=O) groups excluding carboxylic acids is 3. The van der Waals surface area contributed by atoms with Crippen LogP contribution in [-0.2, 0) is 24.0 Å². The lowest BCUT2D eigenvalue weighted by atomic mass is 10.1. The van der Waals surface area contributed by atoms with E-state index in [0.717, 1.165) is 11.8 Å². The monoisotopic (exact) mass is 456 g/mol. The van der Waals surface area contributed by atoms with Crippen molar-refractivity contribution in [3.05, 3.63) is 24.3 Å². The largest absolute Gasteiger partial charge is 0.508 e. The predicted molar refractivity (Wildman–Crippen MR) is 111 cm³/mol. The standard InChI is InChI=1S/C18H24N4O8S/c19-12(18(29)30)5-6-14(24)22-13(17(28)20-7-16(26)27)8-31-9-15(25)21-10-1-3-11(23)4-2-10/h1-4,12-13,23H,5-9,19H2,(H,20,28)(H,21,25)(H,22,24)(H,26,27)(H,29,30)/t12-,13-/m1/s1. The number of hydrogen-bond acceptors (Lipinski definition) is 8. The van der Waals surface area contributed by atoms with Gasteiger partial charge in [0.1, 0.15) is 24.4 Å². The quantitative estimate of drug-likeness (QED) is 0.179. The van der Waals surface area contributed by atoms with Crippen LogP contribution in [0.2, 0.25) is 0 Å². The fourth-order valence-corrected chi connectivity index (χ4v) is 3.00. The number of carbonyl (C=O) groups is 5. The number of amides is 3. The third-order valence-corrected chi connectivity index (χ3v) is 4.77. The number of anilines is 1. The van der Waals surface area contributed by atoms with Crippen molar-refractivity contribution in [2.45, 2.75) is 24.9 Å². The van der Waals surface area contributed by atoms with E-state index in [1.165, 1.54) is 24.3 Å². The summed E-state index contributed by atoms with van der Waals surface area (Å²) in [7, 11) is 0. The minimum absolute atomic E-state index is 0.0365. The summed E-state index contributed by atoms with van der Waals surface area (Å²) in [5.74, 6) is -4.38. The first-order chi connectivity index (χ1) is 14.6. The number of nitrogens with one attached hydrogen (secondary N) is 3. The van der Waals surface area contributed by atoms with Gasteiger partial charge in [-0.25, -0.2) is 0 Å². The lowest BCUT2D eigenvalue weighted by molar-refractivity contribution is -0.139. The highest BCUT2D eigenvalue weighted by atomic mass is 32.2. The summed E-state index contributed by atoms with van der Waals surface area (Å²) in [6, 6.07) is 3.43. The zero-order valence-electron chi connectivity index (χ0n) is 16.4. The number of thioether (sulfide) groups is 1. The lowest BCUT2D eigenvalue weighted by Gasteiger charge is -2.18. The molecule has 3 amide bonds. The SMILES string of the molecule is N[C@H](CCC(=O)N[C@H](CSCC(=O)Nc1ccc(O)cc1)C(=O)NCC(=O)O)C(=O)O. The summed E-state index contributed by atoms with van der Waals surface area (Å²) in [4.78, 5) is 57.6. The smallest absolute Gasteiger partial charge is 0.322 e. The lowest BCUT2D eigenvalue weighted by Crippen LogP contribution is -2.49. The fraction of sp³-hybridized carbons (Fsp3) is 0.389. The second-order valence-corrected chi connectivity index (χ2v) is 7.36. The number of phenols is 1. The van der Waals surface area contributed by atoms with Crippen LogP contribution in [0.15, 0.2) is 24.3 Å². The van der Waals surface area contributed by atoms with Gasteiger partial charge in [-0.05, 0) is 30.7 Å². The molecule has 0 fully saturated rings. The molecule has 1 aromatic carbocycles. The number of rotatable bonds is 13. The van der Waals surface area contributed by atoms with E-state index in [-0.39, 0.29) is 36.0 Å². The fourth-order valence-electron chi connectivity index (χ4n) is 2.16. The van der Waals surface area contributed by atoms with Crippen molar-refractivity contribution < 1.29 is 39.3 Å². The van der Waals surface area contributed by atoms with Gasteiger partial charge in [-0.15, -0.1) is 11.8 Å². The van der Waals surface area contributed by atoms with Gasteiger partial charge >= 0.3 is 11.9 Å². The van der Waals surface area contributed by atoms with Gasteiger partial charge in [-0.1, -0.05) is 0 Å². The highest BCUT2D eigenvalue weighted by Crippen LogP contribution is 2.14. The van der Waals surface area contributed by atoms with Crippen LogP contribution < -0.4 is 21.7 Å². The van der Waals surface area contributed by atoms with Gasteiger partial charge in [0, 0.05) is 17.9 Å². The molecule has 0 unspecified atom stereocenters. The summed E-state index contributed by atoms with van der Waals surface area (Å²) in [5, 5.41) is 33.8. The van der Waals surface area contributed by atoms with Crippen LogP contribution in [0.5, 0.6) is 5.75 Å². The van der Waals surface area contributed by atoms with Crippen LogP contribution in [0, 0.1) is 0 Å². The Bertz CT molecular complexity index is 802. The van der Waals surface area contributed by atoms with Crippen molar-refractivity contribution in [1.82, 2.24) is 10.6 Å². The summed E-state index contributed by atoms with van der Waals surface area (Å²) in [6.07, 6.45) is -0.394. The predicted octanol–water partition coefficient (Wildman–Crippen LogP) is -1.06. The highest BCUT2D eigenvalue weighted by Gasteiger charge is 2.22. The van der Waals surface area contributed by atoms with Crippen LogP contribution in [-0.4, -0.2) is 75.1 Å². The summed E-state index contributed by atoms with van der Waals surface area (Å²) >= 11 is 1.02. The summed E-state index contributed by atoms with van der Waals surface area (Å²) in [6.45, 7) is -0.652. The highest BCUT2D eigenvalue weighted by molar-refractivity contribution is 8.00. The van der Waals surface area contributed by atoms with E-state index in [0.29, 0.717) is 5.69 Å². The van der Waals surface area contributed by atoms with Crippen LogP contribution in [0.3, 0.4) is 0 Å². The summed E-state index contributed by atoms with van der Waals surface area (Å²) < 4.78 is 0. The van der Waals surface area contributed by atoms with E-state index >= 15 is 0 Å². The molecule has 0 bridgehead atoms. The van der Waals surface area contributed by atoms with Crippen molar-refractivity contribution in [1.29, 1.82) is 0 Å². The van der Waals surface area contributed by atoms with Crippen LogP contribution in [0.4, 0.5) is 5.69 Å². The molecule has 0 aliphatic rings. The molecular weight excluding hydrogens is 432 g/mol. The molecule has 12 nitrogen and oxygen atoms in total. The number of benzene rings is 1. The number of carboxylic acid groups (broad SMARTS) is 2. The van der Waals surface area contributed by atoms with Crippen LogP contribution >= 0.6 is 11.8 Å². The number of aromatic hydroxyl groups is 1. The first-order valence-corrected chi connectivity index (χ1v) is 10.2. The second kappa shape index (κ2) is 13.1. The van der Waals surface area contributed by atoms with Gasteiger partial charge < -0.3 is 37.0 Å². The Balaban J connectivity index is 2.58. The molecule has 8 N–H and O–H groups in total. The van der Waals surface area contributed by atoms with Crippen LogP contribution in [0.25, 0.3) is 0 Å². The Hall–Kier alpha value is -3.32. The molecule has 31 heavy (non-hydrogen) atoms. The van der Waals surface area contributed by atoms with Crippen molar-refractivity contribution in [3.8, 4) is 5.75 Å². The third kappa shape index (κ3) is 10.9. The minimum atomic E-state index is -1.27. The van der Waals surface area contributed by atoms with E-state index < -0.39 is 42.4 Å². The maximum atomic E-state index is 12.2. The Morgan fingerprint density at radius 3 is 2.26 bits per heavy atom. The number of nitrogens with two attached hydrogens (primary N) is 1. The molecule has 0 radical (unpaired) electrons. The van der Waals surface area contributed by atoms with E-state index in [1.54, 1.807) is 0 Å². The molecule has 0 heterocycles. The normalized spacial score (nSPS) is 12.3. The Morgan fingerprint density at radius 2 is 1.68 bits per heavy atom. The molecule has 1 aromatic rings. The number of phenolic OH excluding ortho intramolecular Hbond substituents is 1. The molecule has 0 aliphatic carbocycles. The van der Waals surface area contributed by atoms with Crippen molar-refractivity contribution >= 4 is 47.1 Å². The van der Waals surface area contributed by atoms with Gasteiger partial charge in [0.15, 0.2) is 0 Å². The molecule has 0 aliphatic heterocycles. The summed E-state index contributed by atoms with van der Waals surface area (Å²) in [5.41, 5.74) is 5.80.